The molecule has 1 saturated carbocycles. The van der Waals surface area contributed by atoms with Crippen molar-refractivity contribution in [2.45, 2.75) is 38.1 Å². The Morgan fingerprint density at radius 1 is 1.03 bits per heavy atom. The Morgan fingerprint density at radius 3 is 2.40 bits per heavy atom. The van der Waals surface area contributed by atoms with Crippen molar-refractivity contribution in [2.24, 2.45) is 5.92 Å². The van der Waals surface area contributed by atoms with E-state index in [0.29, 0.717) is 25.6 Å². The Morgan fingerprint density at radius 2 is 1.73 bits per heavy atom. The Hall–Kier alpha value is -1.64. The van der Waals surface area contributed by atoms with E-state index in [1.54, 1.807) is 6.08 Å². The van der Waals surface area contributed by atoms with Crippen molar-refractivity contribution in [3.05, 3.63) is 12.7 Å². The molecule has 0 bridgehead atoms. The molecule has 170 valence electrons. The monoisotopic (exact) mass is 421 g/mol. The van der Waals surface area contributed by atoms with Gasteiger partial charge in [0, 0.05) is 52.4 Å². The molecule has 3 aliphatic rings. The second kappa shape index (κ2) is 12.3. The Kier molecular flexibility index (Phi) is 9.42. The van der Waals surface area contributed by atoms with Gasteiger partial charge >= 0.3 is 6.03 Å². The second-order valence-corrected chi connectivity index (χ2v) is 8.59. The van der Waals surface area contributed by atoms with Gasteiger partial charge in [-0.3, -0.25) is 14.6 Å². The van der Waals surface area contributed by atoms with Gasteiger partial charge in [0.25, 0.3) is 0 Å². The fraction of sp³-hybridized carbons (Fsp3) is 0.818. The third-order valence-electron chi connectivity index (χ3n) is 6.56. The van der Waals surface area contributed by atoms with Crippen LogP contribution in [0, 0.1) is 5.92 Å². The molecule has 0 spiro atoms. The first-order valence-electron chi connectivity index (χ1n) is 11.6. The Labute approximate surface area is 181 Å². The Bertz CT molecular complexity index is 553. The number of hydrogen-bond acceptors (Lipinski definition) is 5. The van der Waals surface area contributed by atoms with Crippen molar-refractivity contribution in [1.82, 2.24) is 25.3 Å². The summed E-state index contributed by atoms with van der Waals surface area (Å²) in [5.74, 6) is 0.610. The minimum atomic E-state index is -0.0609. The van der Waals surface area contributed by atoms with Gasteiger partial charge in [0.15, 0.2) is 0 Å². The predicted octanol–water partition coefficient (Wildman–Crippen LogP) is 0.897. The normalized spacial score (nSPS) is 22.6. The van der Waals surface area contributed by atoms with E-state index in [0.717, 1.165) is 71.7 Å². The van der Waals surface area contributed by atoms with Crippen LogP contribution in [0.3, 0.4) is 0 Å². The number of carbonyl (C=O) groups excluding carboxylic acids is 2. The number of hydrogen-bond donors (Lipinski definition) is 2. The van der Waals surface area contributed by atoms with Crippen LogP contribution in [0.4, 0.5) is 4.79 Å². The summed E-state index contributed by atoms with van der Waals surface area (Å²) in [4.78, 5) is 31.9. The molecular weight excluding hydrogens is 382 g/mol. The van der Waals surface area contributed by atoms with Crippen molar-refractivity contribution < 1.29 is 14.3 Å². The molecule has 0 aromatic rings. The highest BCUT2D eigenvalue weighted by molar-refractivity contribution is 5.82. The molecule has 1 atom stereocenters. The summed E-state index contributed by atoms with van der Waals surface area (Å²) in [5, 5.41) is 6.06. The topological polar surface area (TPSA) is 77.2 Å². The molecule has 2 aliphatic heterocycles. The van der Waals surface area contributed by atoms with Gasteiger partial charge in [-0.15, -0.1) is 6.58 Å². The fourth-order valence-corrected chi connectivity index (χ4v) is 4.87. The lowest BCUT2D eigenvalue weighted by molar-refractivity contribution is -0.129. The molecule has 1 unspecified atom stereocenters. The maximum absolute atomic E-state index is 13.1. The lowest BCUT2D eigenvalue weighted by atomic mass is 9.95. The van der Waals surface area contributed by atoms with Crippen LogP contribution >= 0.6 is 0 Å². The van der Waals surface area contributed by atoms with Gasteiger partial charge < -0.3 is 20.3 Å². The van der Waals surface area contributed by atoms with Gasteiger partial charge in [-0.25, -0.2) is 4.79 Å². The first-order chi connectivity index (χ1) is 14.7. The average Bonchev–Trinajstić information content (AvgIpc) is 3.31. The van der Waals surface area contributed by atoms with Gasteiger partial charge in [-0.1, -0.05) is 18.9 Å². The molecule has 30 heavy (non-hydrogen) atoms. The van der Waals surface area contributed by atoms with Crippen molar-refractivity contribution in [3.8, 4) is 0 Å². The first-order valence-corrected chi connectivity index (χ1v) is 11.6. The lowest BCUT2D eigenvalue weighted by Crippen LogP contribution is -2.59. The molecule has 0 radical (unpaired) electrons. The quantitative estimate of drug-likeness (QED) is 0.427. The summed E-state index contributed by atoms with van der Waals surface area (Å²) >= 11 is 0. The second-order valence-electron chi connectivity index (χ2n) is 8.59. The van der Waals surface area contributed by atoms with Crippen LogP contribution in [0.5, 0.6) is 0 Å². The fourth-order valence-electron chi connectivity index (χ4n) is 4.87. The van der Waals surface area contributed by atoms with Crippen LogP contribution in [-0.2, 0) is 9.53 Å². The van der Waals surface area contributed by atoms with E-state index in [1.807, 2.05) is 4.90 Å². The highest BCUT2D eigenvalue weighted by atomic mass is 16.5. The minimum absolute atomic E-state index is 0.0421. The van der Waals surface area contributed by atoms with Gasteiger partial charge in [0.1, 0.15) is 0 Å². The van der Waals surface area contributed by atoms with Crippen molar-refractivity contribution in [1.29, 1.82) is 0 Å². The van der Waals surface area contributed by atoms with E-state index in [9.17, 15) is 9.59 Å². The van der Waals surface area contributed by atoms with Gasteiger partial charge in [-0.05, 0) is 31.7 Å². The smallest absolute Gasteiger partial charge is 0.317 e. The van der Waals surface area contributed by atoms with Crippen molar-refractivity contribution in [3.63, 3.8) is 0 Å². The standard InChI is InChI=1S/C22H39N5O3/c1-2-8-24-22(29)27-13-11-26(12-14-27)20(19-6-3-4-7-19)21(28)23-9-5-10-25-15-17-30-18-16-25/h2,19-20H,1,3-18H2,(H,23,28)(H,24,29). The van der Waals surface area contributed by atoms with Gasteiger partial charge in [0.05, 0.1) is 19.3 Å². The van der Waals surface area contributed by atoms with E-state index in [4.69, 9.17) is 4.74 Å². The maximum atomic E-state index is 13.1. The van der Waals surface area contributed by atoms with Crippen LogP contribution in [0.2, 0.25) is 0 Å². The zero-order chi connectivity index (χ0) is 21.2. The molecule has 2 heterocycles. The van der Waals surface area contributed by atoms with Crippen LogP contribution < -0.4 is 10.6 Å². The SMILES string of the molecule is C=CCNC(=O)N1CCN(C(C(=O)NCCCN2CCOCC2)C2CCCC2)CC1. The van der Waals surface area contributed by atoms with E-state index < -0.39 is 0 Å². The number of carbonyl (C=O) groups is 2. The molecular formula is C22H39N5O3. The summed E-state index contributed by atoms with van der Waals surface area (Å²) < 4.78 is 5.39. The zero-order valence-electron chi connectivity index (χ0n) is 18.3. The maximum Gasteiger partial charge on any atom is 0.317 e. The number of urea groups is 1. The third kappa shape index (κ3) is 6.68. The number of nitrogens with one attached hydrogen (secondary N) is 2. The summed E-state index contributed by atoms with van der Waals surface area (Å²) in [6.07, 6.45) is 7.36. The molecule has 0 aromatic carbocycles. The molecule has 3 fully saturated rings. The van der Waals surface area contributed by atoms with Crippen LogP contribution in [-0.4, -0.2) is 105 Å². The summed E-state index contributed by atoms with van der Waals surface area (Å²) in [6.45, 7) is 12.3. The molecule has 8 nitrogen and oxygen atoms in total. The number of piperazine rings is 1. The zero-order valence-corrected chi connectivity index (χ0v) is 18.3. The average molecular weight is 422 g/mol. The van der Waals surface area contributed by atoms with Crippen LogP contribution in [0.25, 0.3) is 0 Å². The molecule has 3 amide bonds. The number of ether oxygens (including phenoxy) is 1. The lowest BCUT2D eigenvalue weighted by Gasteiger charge is -2.40. The summed E-state index contributed by atoms with van der Waals surface area (Å²) in [6, 6.07) is -0.103. The van der Waals surface area contributed by atoms with E-state index in [1.165, 1.54) is 12.8 Å². The molecule has 1 aliphatic carbocycles. The molecule has 0 aromatic heterocycles. The van der Waals surface area contributed by atoms with Crippen LogP contribution in [0.15, 0.2) is 12.7 Å². The van der Waals surface area contributed by atoms with Gasteiger partial charge in [0.2, 0.25) is 5.91 Å². The number of amides is 3. The largest absolute Gasteiger partial charge is 0.379 e. The highest BCUT2D eigenvalue weighted by Gasteiger charge is 2.37. The minimum Gasteiger partial charge on any atom is -0.379 e. The molecule has 2 saturated heterocycles. The molecule has 3 rings (SSSR count). The number of rotatable bonds is 9. The van der Waals surface area contributed by atoms with Crippen molar-refractivity contribution >= 4 is 11.9 Å². The molecule has 2 N–H and O–H groups in total. The Balaban J connectivity index is 1.46. The van der Waals surface area contributed by atoms with Crippen molar-refractivity contribution in [2.75, 3.05) is 72.1 Å². The highest BCUT2D eigenvalue weighted by Crippen LogP contribution is 2.31. The first kappa shape index (κ1) is 23.0. The van der Waals surface area contributed by atoms with Gasteiger partial charge in [-0.2, -0.15) is 0 Å². The van der Waals surface area contributed by atoms with E-state index >= 15 is 0 Å². The summed E-state index contributed by atoms with van der Waals surface area (Å²) in [5.41, 5.74) is 0. The van der Waals surface area contributed by atoms with Crippen LogP contribution in [0.1, 0.15) is 32.1 Å². The third-order valence-corrected chi connectivity index (χ3v) is 6.56. The summed E-state index contributed by atoms with van der Waals surface area (Å²) in [7, 11) is 0. The number of nitrogens with zero attached hydrogens (tertiary/aromatic N) is 3. The predicted molar refractivity (Wildman–Crippen MR) is 117 cm³/mol. The van der Waals surface area contributed by atoms with E-state index in [-0.39, 0.29) is 18.0 Å². The number of morpholine rings is 1. The molecule has 8 heteroatoms. The van der Waals surface area contributed by atoms with E-state index in [2.05, 4.69) is 27.0 Å².